The van der Waals surface area contributed by atoms with Crippen molar-refractivity contribution in [2.45, 2.75) is 10.3 Å². The summed E-state index contributed by atoms with van der Waals surface area (Å²) in [5.74, 6) is 0. The van der Waals surface area contributed by atoms with E-state index in [1.54, 1.807) is 24.3 Å². The number of hydrogen-bond donors (Lipinski definition) is 0. The molecule has 0 aliphatic heterocycles. The quantitative estimate of drug-likeness (QED) is 0.635. The van der Waals surface area contributed by atoms with Crippen molar-refractivity contribution >= 4 is 9.84 Å². The topological polar surface area (TPSA) is 77.3 Å². The van der Waals surface area contributed by atoms with E-state index >= 15 is 0 Å². The van der Waals surface area contributed by atoms with Crippen LogP contribution in [-0.4, -0.2) is 13.3 Å². The van der Waals surface area contributed by atoms with E-state index in [4.69, 9.17) is 0 Å². The number of rotatable bonds is 4. The standard InChI is InChI=1S/C13H11NO4S/c15-14(16)13(11-7-3-1-4-8-11)19(17,18)12-9-5-2-6-10-12/h1-10,13H/t13-/m1/s1. The van der Waals surface area contributed by atoms with Gasteiger partial charge in [-0.1, -0.05) is 48.5 Å². The third-order valence-corrected chi connectivity index (χ3v) is 4.60. The van der Waals surface area contributed by atoms with Crippen molar-refractivity contribution in [2.24, 2.45) is 0 Å². The van der Waals surface area contributed by atoms with E-state index in [2.05, 4.69) is 0 Å². The molecule has 0 heterocycles. The van der Waals surface area contributed by atoms with Gasteiger partial charge in [0, 0.05) is 10.5 Å². The molecule has 0 radical (unpaired) electrons. The summed E-state index contributed by atoms with van der Waals surface area (Å²) in [7, 11) is -4.05. The van der Waals surface area contributed by atoms with Crippen molar-refractivity contribution in [3.8, 4) is 0 Å². The molecule has 98 valence electrons. The highest BCUT2D eigenvalue weighted by Crippen LogP contribution is 2.28. The van der Waals surface area contributed by atoms with Gasteiger partial charge in [-0.15, -0.1) is 0 Å². The molecule has 2 aromatic carbocycles. The first-order valence-corrected chi connectivity index (χ1v) is 7.05. The maximum atomic E-state index is 12.3. The predicted molar refractivity (Wildman–Crippen MR) is 69.8 cm³/mol. The summed E-state index contributed by atoms with van der Waals surface area (Å²) in [4.78, 5) is 10.3. The van der Waals surface area contributed by atoms with E-state index in [1.807, 2.05) is 0 Å². The fraction of sp³-hybridized carbons (Fsp3) is 0.0769. The highest BCUT2D eigenvalue weighted by Gasteiger charge is 2.38. The first kappa shape index (κ1) is 13.2. The number of sulfone groups is 1. The van der Waals surface area contributed by atoms with Crippen molar-refractivity contribution < 1.29 is 13.3 Å². The van der Waals surface area contributed by atoms with Crippen molar-refractivity contribution in [1.82, 2.24) is 0 Å². The zero-order chi connectivity index (χ0) is 13.9. The molecule has 0 bridgehead atoms. The highest BCUT2D eigenvalue weighted by molar-refractivity contribution is 7.91. The number of nitro groups is 1. The zero-order valence-corrected chi connectivity index (χ0v) is 10.7. The lowest BCUT2D eigenvalue weighted by molar-refractivity contribution is -0.502. The fourth-order valence-electron chi connectivity index (χ4n) is 1.77. The van der Waals surface area contributed by atoms with Crippen LogP contribution < -0.4 is 0 Å². The Morgan fingerprint density at radius 1 is 0.895 bits per heavy atom. The smallest absolute Gasteiger partial charge is 0.263 e. The molecule has 0 saturated carbocycles. The summed E-state index contributed by atoms with van der Waals surface area (Å²) < 4.78 is 24.7. The number of benzene rings is 2. The van der Waals surface area contributed by atoms with Crippen LogP contribution >= 0.6 is 0 Å². The van der Waals surface area contributed by atoms with Gasteiger partial charge < -0.3 is 0 Å². The van der Waals surface area contributed by atoms with Gasteiger partial charge in [-0.2, -0.15) is 0 Å². The van der Waals surface area contributed by atoms with E-state index in [0.717, 1.165) is 0 Å². The van der Waals surface area contributed by atoms with Gasteiger partial charge in [0.15, 0.2) is 0 Å². The Labute approximate surface area is 110 Å². The highest BCUT2D eigenvalue weighted by atomic mass is 32.2. The number of nitrogens with zero attached hydrogens (tertiary/aromatic N) is 1. The molecular weight excluding hydrogens is 266 g/mol. The van der Waals surface area contributed by atoms with Crippen molar-refractivity contribution in [2.75, 3.05) is 0 Å². The Morgan fingerprint density at radius 3 is 1.84 bits per heavy atom. The third kappa shape index (κ3) is 2.63. The van der Waals surface area contributed by atoms with Gasteiger partial charge in [0.1, 0.15) is 0 Å². The Bertz CT molecular complexity index is 668. The Kier molecular flexibility index (Phi) is 3.62. The second-order valence-electron chi connectivity index (χ2n) is 3.91. The molecule has 0 saturated heterocycles. The van der Waals surface area contributed by atoms with E-state index in [0.29, 0.717) is 0 Å². The van der Waals surface area contributed by atoms with Crippen LogP contribution in [0.2, 0.25) is 0 Å². The van der Waals surface area contributed by atoms with Gasteiger partial charge in [0.25, 0.3) is 9.84 Å². The lowest BCUT2D eigenvalue weighted by atomic mass is 10.2. The maximum Gasteiger partial charge on any atom is 0.339 e. The monoisotopic (exact) mass is 277 g/mol. The van der Waals surface area contributed by atoms with Gasteiger partial charge in [-0.05, 0) is 12.1 Å². The van der Waals surface area contributed by atoms with Crippen LogP contribution in [0.3, 0.4) is 0 Å². The van der Waals surface area contributed by atoms with E-state index < -0.39 is 20.1 Å². The summed E-state index contributed by atoms with van der Waals surface area (Å²) in [6.45, 7) is 0. The summed E-state index contributed by atoms with van der Waals surface area (Å²) >= 11 is 0. The van der Waals surface area contributed by atoms with Crippen molar-refractivity contribution in [1.29, 1.82) is 0 Å². The normalized spacial score (nSPS) is 12.8. The van der Waals surface area contributed by atoms with Gasteiger partial charge in [-0.25, -0.2) is 8.42 Å². The molecule has 0 spiro atoms. The van der Waals surface area contributed by atoms with E-state index in [9.17, 15) is 18.5 Å². The molecule has 0 fully saturated rings. The minimum Gasteiger partial charge on any atom is -0.263 e. The van der Waals surface area contributed by atoms with Crippen LogP contribution in [0.4, 0.5) is 0 Å². The van der Waals surface area contributed by atoms with Crippen LogP contribution in [0, 0.1) is 10.1 Å². The molecule has 0 aliphatic rings. The zero-order valence-electron chi connectivity index (χ0n) is 9.84. The largest absolute Gasteiger partial charge is 0.339 e. The molecule has 0 unspecified atom stereocenters. The van der Waals surface area contributed by atoms with Crippen LogP contribution in [0.5, 0.6) is 0 Å². The van der Waals surface area contributed by atoms with Gasteiger partial charge in [0.05, 0.1) is 4.90 Å². The Balaban J connectivity index is 2.55. The number of hydrogen-bond acceptors (Lipinski definition) is 4. The fourth-order valence-corrected chi connectivity index (χ4v) is 3.31. The summed E-state index contributed by atoms with van der Waals surface area (Å²) in [5.41, 5.74) is 0.149. The van der Waals surface area contributed by atoms with Gasteiger partial charge in [-0.3, -0.25) is 10.1 Å². The molecule has 1 atom stereocenters. The van der Waals surface area contributed by atoms with E-state index in [1.165, 1.54) is 36.4 Å². The van der Waals surface area contributed by atoms with Crippen molar-refractivity contribution in [3.63, 3.8) is 0 Å². The molecule has 0 aliphatic carbocycles. The first-order valence-electron chi connectivity index (χ1n) is 5.51. The lowest BCUT2D eigenvalue weighted by Gasteiger charge is -2.10. The molecule has 0 aromatic heterocycles. The van der Waals surface area contributed by atoms with Crippen LogP contribution in [0.1, 0.15) is 10.9 Å². The molecule has 0 amide bonds. The molecule has 0 N–H and O–H groups in total. The molecular formula is C13H11NO4S. The third-order valence-electron chi connectivity index (χ3n) is 2.64. The minimum atomic E-state index is -4.05. The van der Waals surface area contributed by atoms with Crippen LogP contribution in [0.15, 0.2) is 65.6 Å². The van der Waals surface area contributed by atoms with E-state index in [-0.39, 0.29) is 10.5 Å². The summed E-state index contributed by atoms with van der Waals surface area (Å²) in [6, 6.07) is 15.1. The average molecular weight is 277 g/mol. The predicted octanol–water partition coefficient (Wildman–Crippen LogP) is 2.44. The van der Waals surface area contributed by atoms with Crippen LogP contribution in [0.25, 0.3) is 0 Å². The molecule has 6 heteroatoms. The second kappa shape index (κ2) is 5.19. The SMILES string of the molecule is O=[N+]([O-])[C@@H](c1ccccc1)S(=O)(=O)c1ccccc1. The maximum absolute atomic E-state index is 12.3. The van der Waals surface area contributed by atoms with Gasteiger partial charge >= 0.3 is 5.37 Å². The summed E-state index contributed by atoms with van der Waals surface area (Å²) in [6.07, 6.45) is 0. The molecule has 5 nitrogen and oxygen atoms in total. The van der Waals surface area contributed by atoms with Crippen molar-refractivity contribution in [3.05, 3.63) is 76.3 Å². The second-order valence-corrected chi connectivity index (χ2v) is 5.91. The Morgan fingerprint density at radius 2 is 1.37 bits per heavy atom. The molecule has 2 rings (SSSR count). The summed E-state index contributed by atoms with van der Waals surface area (Å²) in [5, 5.41) is 9.36. The van der Waals surface area contributed by atoms with Crippen LogP contribution in [-0.2, 0) is 9.84 Å². The molecule has 2 aromatic rings. The lowest BCUT2D eigenvalue weighted by Crippen LogP contribution is -2.21. The van der Waals surface area contributed by atoms with Gasteiger partial charge in [0.2, 0.25) is 0 Å². The molecule has 19 heavy (non-hydrogen) atoms. The Hall–Kier alpha value is -2.21. The first-order chi connectivity index (χ1) is 9.03. The average Bonchev–Trinajstić information content (AvgIpc) is 2.40. The minimum absolute atomic E-state index is 0.0550.